The summed E-state index contributed by atoms with van der Waals surface area (Å²) in [5.74, 6) is -0.833. The fourth-order valence-corrected chi connectivity index (χ4v) is 0. The number of hydrogen-bond acceptors (Lipinski definition) is 1. The summed E-state index contributed by atoms with van der Waals surface area (Å²) in [5, 5.41) is 7.42. The summed E-state index contributed by atoms with van der Waals surface area (Å²) in [4.78, 5) is 9.00. The summed E-state index contributed by atoms with van der Waals surface area (Å²) >= 11 is 4.36. The minimum atomic E-state index is -0.833. The van der Waals surface area contributed by atoms with Crippen molar-refractivity contribution in [2.45, 2.75) is 6.92 Å². The Morgan fingerprint density at radius 2 is 1.71 bits per heavy atom. The van der Waals surface area contributed by atoms with E-state index in [0.717, 1.165) is 6.92 Å². The second-order valence-corrected chi connectivity index (χ2v) is 8.51. The quantitative estimate of drug-likeness (QED) is 0.517. The van der Waals surface area contributed by atoms with E-state index in [-0.39, 0.29) is 0 Å². The van der Waals surface area contributed by atoms with Gasteiger partial charge in [0.2, 0.25) is 0 Å². The van der Waals surface area contributed by atoms with Gasteiger partial charge in [-0.25, -0.2) is 0 Å². The van der Waals surface area contributed by atoms with Gasteiger partial charge in [0.15, 0.2) is 0 Å². The van der Waals surface area contributed by atoms with Gasteiger partial charge in [-0.15, -0.1) is 0 Å². The van der Waals surface area contributed by atoms with Crippen molar-refractivity contribution in [1.82, 2.24) is 0 Å². The molecule has 0 aromatic carbocycles. The summed E-state index contributed by atoms with van der Waals surface area (Å²) in [6.45, 7) is 1.08. The molecular weight excluding hydrogens is 373 g/mol. The van der Waals surface area contributed by atoms with E-state index in [2.05, 4.69) is 40.7 Å². The van der Waals surface area contributed by atoms with Gasteiger partial charge < -0.3 is 5.11 Å². The molecule has 1 N–H and O–H groups in total. The molecule has 2 nitrogen and oxygen atoms in total. The summed E-state index contributed by atoms with van der Waals surface area (Å²) in [6, 6.07) is 0. The van der Waals surface area contributed by atoms with E-state index in [1.807, 2.05) is 0 Å². The van der Waals surface area contributed by atoms with Crippen LogP contribution in [0.3, 0.4) is 0 Å². The standard InChI is InChI=1S/C2H4O2.Cu.2HI/c1-2(3)4;;;/h1H3,(H,3,4);;2*1H/q;+2;;/p-2. The van der Waals surface area contributed by atoms with Gasteiger partial charge in [0.05, 0.1) is 0 Å². The molecule has 0 saturated heterocycles. The minimum absolute atomic E-state index is 0.833. The van der Waals surface area contributed by atoms with Gasteiger partial charge in [0.25, 0.3) is 5.97 Å². The van der Waals surface area contributed by atoms with E-state index in [9.17, 15) is 0 Å². The third-order valence-corrected chi connectivity index (χ3v) is 0. The van der Waals surface area contributed by atoms with Gasteiger partial charge in [-0.2, -0.15) is 0 Å². The normalized spacial score (nSPS) is 6.71. The van der Waals surface area contributed by atoms with Crippen molar-refractivity contribution in [3.05, 3.63) is 0 Å². The zero-order valence-electron chi connectivity index (χ0n) is 3.41. The average molecular weight is 377 g/mol. The van der Waals surface area contributed by atoms with E-state index < -0.39 is 5.97 Å². The Kier molecular flexibility index (Phi) is 16.8. The third kappa shape index (κ3) is 105. The fourth-order valence-electron chi connectivity index (χ4n) is 0. The summed E-state index contributed by atoms with van der Waals surface area (Å²) < 4.78 is 0. The first kappa shape index (κ1) is 11.3. The van der Waals surface area contributed by atoms with Crippen LogP contribution in [0.25, 0.3) is 0 Å². The number of carboxylic acid groups (broad SMARTS) is 1. The number of carboxylic acids is 1. The number of carbonyl (C=O) groups is 1. The maximum absolute atomic E-state index is 9.00. The molecule has 0 rings (SSSR count). The fraction of sp³-hybridized carbons (Fsp3) is 0.500. The summed E-state index contributed by atoms with van der Waals surface area (Å²) in [5.41, 5.74) is 0. The van der Waals surface area contributed by atoms with Crippen LogP contribution in [0.4, 0.5) is 0 Å². The van der Waals surface area contributed by atoms with Crippen LogP contribution in [0, 0.1) is 0 Å². The molecule has 0 aromatic rings. The predicted octanol–water partition coefficient (Wildman–Crippen LogP) is 1.86. The zero-order valence-corrected chi connectivity index (χ0v) is 8.67. The molecule has 0 unspecified atom stereocenters. The SMILES string of the molecule is CC(=O)O.[I][Cu][I]. The predicted molar refractivity (Wildman–Crippen MR) is 41.3 cm³/mol. The first-order chi connectivity index (χ1) is 3.15. The molecular formula is C2H4CuI2O2. The Bertz CT molecular complexity index is 45.0. The van der Waals surface area contributed by atoms with Crippen molar-refractivity contribution in [2.75, 3.05) is 0 Å². The van der Waals surface area contributed by atoms with Crippen molar-refractivity contribution < 1.29 is 18.4 Å². The first-order valence-electron chi connectivity index (χ1n) is 1.16. The molecule has 0 spiro atoms. The molecule has 0 amide bonds. The molecule has 0 bridgehead atoms. The number of hydrogen-bond donors (Lipinski definition) is 1. The maximum atomic E-state index is 9.00. The molecule has 5 heteroatoms. The van der Waals surface area contributed by atoms with E-state index >= 15 is 0 Å². The van der Waals surface area contributed by atoms with Crippen LogP contribution in [-0.2, 0) is 13.3 Å². The molecule has 0 atom stereocenters. The number of rotatable bonds is 0. The van der Waals surface area contributed by atoms with Gasteiger partial charge in [-0.05, 0) is 0 Å². The van der Waals surface area contributed by atoms with Crippen LogP contribution < -0.4 is 0 Å². The Morgan fingerprint density at radius 1 is 1.71 bits per heavy atom. The van der Waals surface area contributed by atoms with Crippen LogP contribution in [-0.4, -0.2) is 11.1 Å². The van der Waals surface area contributed by atoms with Crippen LogP contribution in [0.15, 0.2) is 0 Å². The van der Waals surface area contributed by atoms with Crippen LogP contribution in [0.5, 0.6) is 0 Å². The van der Waals surface area contributed by atoms with Gasteiger partial charge >= 0.3 is 49.1 Å². The van der Waals surface area contributed by atoms with Gasteiger partial charge in [-0.3, -0.25) is 4.79 Å². The van der Waals surface area contributed by atoms with Crippen LogP contribution in [0.2, 0.25) is 0 Å². The number of halogens is 2. The molecule has 0 fully saturated rings. The van der Waals surface area contributed by atoms with Crippen LogP contribution in [0.1, 0.15) is 6.92 Å². The Balaban J connectivity index is 0. The monoisotopic (exact) mass is 377 g/mol. The topological polar surface area (TPSA) is 37.3 Å². The van der Waals surface area contributed by atoms with Crippen molar-refractivity contribution in [3.63, 3.8) is 0 Å². The van der Waals surface area contributed by atoms with E-state index in [4.69, 9.17) is 9.90 Å². The average Bonchev–Trinajstić information content (AvgIpc) is 1.33. The van der Waals surface area contributed by atoms with E-state index in [0.29, 0.717) is 0 Å². The first-order valence-corrected chi connectivity index (χ1v) is 7.23. The molecule has 0 aliphatic heterocycles. The molecule has 0 saturated carbocycles. The Hall–Kier alpha value is 1.45. The molecule has 0 aliphatic carbocycles. The molecule has 49 valence electrons. The summed E-state index contributed by atoms with van der Waals surface area (Å²) in [6.07, 6.45) is 0. The van der Waals surface area contributed by atoms with Crippen molar-refractivity contribution >= 4 is 46.7 Å². The second-order valence-electron chi connectivity index (χ2n) is 0.562. The number of aliphatic carboxylic acids is 1. The Morgan fingerprint density at radius 3 is 1.71 bits per heavy atom. The van der Waals surface area contributed by atoms with Crippen molar-refractivity contribution in [2.24, 2.45) is 0 Å². The van der Waals surface area contributed by atoms with Crippen molar-refractivity contribution in [1.29, 1.82) is 0 Å². The van der Waals surface area contributed by atoms with Gasteiger partial charge in [0, 0.05) is 6.92 Å². The second kappa shape index (κ2) is 10.4. The molecule has 0 radical (unpaired) electrons. The molecule has 0 heterocycles. The van der Waals surface area contributed by atoms with E-state index in [1.54, 1.807) is 8.46 Å². The summed E-state index contributed by atoms with van der Waals surface area (Å²) in [7, 11) is 1.75. The van der Waals surface area contributed by atoms with Gasteiger partial charge in [-0.1, -0.05) is 0 Å². The third-order valence-electron chi connectivity index (χ3n) is 0. The van der Waals surface area contributed by atoms with Crippen LogP contribution >= 0.6 is 40.7 Å². The van der Waals surface area contributed by atoms with E-state index in [1.165, 1.54) is 0 Å². The molecule has 0 aromatic heterocycles. The van der Waals surface area contributed by atoms with Gasteiger partial charge in [0.1, 0.15) is 0 Å². The Labute approximate surface area is 71.1 Å². The van der Waals surface area contributed by atoms with Crippen molar-refractivity contribution in [3.8, 4) is 0 Å². The molecule has 7 heavy (non-hydrogen) atoms. The zero-order chi connectivity index (χ0) is 6.28. The molecule has 0 aliphatic rings.